The number of anilines is 1. The Balaban J connectivity index is 1.56. The summed E-state index contributed by atoms with van der Waals surface area (Å²) in [6.45, 7) is 13.7. The normalized spacial score (nSPS) is 28.6. The van der Waals surface area contributed by atoms with Gasteiger partial charge in [-0.1, -0.05) is 41.5 Å². The summed E-state index contributed by atoms with van der Waals surface area (Å²) >= 11 is 0. The van der Waals surface area contributed by atoms with Crippen LogP contribution in [0.3, 0.4) is 0 Å². The average Bonchev–Trinajstić information content (AvgIpc) is 2.97. The van der Waals surface area contributed by atoms with E-state index in [2.05, 4.69) is 51.8 Å². The van der Waals surface area contributed by atoms with Crippen LogP contribution in [0.15, 0.2) is 18.2 Å². The number of carbonyl (C=O) groups is 3. The van der Waals surface area contributed by atoms with Crippen LogP contribution in [0.1, 0.15) is 139 Å². The number of amides is 3. The van der Waals surface area contributed by atoms with Crippen molar-refractivity contribution < 1.29 is 14.4 Å². The van der Waals surface area contributed by atoms with Gasteiger partial charge in [-0.15, -0.1) is 0 Å². The van der Waals surface area contributed by atoms with Gasteiger partial charge in [0.15, 0.2) is 0 Å². The molecule has 0 aromatic heterocycles. The summed E-state index contributed by atoms with van der Waals surface area (Å²) in [5.41, 5.74) is 6.97. The zero-order valence-corrected chi connectivity index (χ0v) is 27.2. The molecule has 3 aliphatic rings. The van der Waals surface area contributed by atoms with Crippen molar-refractivity contribution in [3.8, 4) is 0 Å². The van der Waals surface area contributed by atoms with Crippen molar-refractivity contribution in [3.05, 3.63) is 29.3 Å². The highest BCUT2D eigenvalue weighted by Gasteiger charge is 2.37. The predicted molar refractivity (Wildman–Crippen MR) is 171 cm³/mol. The van der Waals surface area contributed by atoms with Gasteiger partial charge in [-0.25, -0.2) is 0 Å². The van der Waals surface area contributed by atoms with E-state index in [1.165, 1.54) is 0 Å². The van der Waals surface area contributed by atoms with Crippen LogP contribution in [-0.2, 0) is 4.79 Å². The third kappa shape index (κ3) is 7.96. The number of nitrogens with zero attached hydrogens (tertiary/aromatic N) is 1. The van der Waals surface area contributed by atoms with Gasteiger partial charge in [0.05, 0.1) is 0 Å². The fourth-order valence-electron chi connectivity index (χ4n) is 8.13. The number of hydrogen-bond acceptors (Lipinski definition) is 3. The lowest BCUT2D eigenvalue weighted by Crippen LogP contribution is -2.50. The molecule has 1 aromatic carbocycles. The standard InChI is InChI=1S/C36H57N3O3/c1-22(2)25-7-9-28(10-8-25)35(41)38-31-20-29(34(37)40)19-30(21-31)36(42)39(32-15-11-26(12-16-32)23(3)4)33-17-13-27(14-18-33)24(5)6/h19-28,32-33H,7-18H2,1-6H3,(H2,37,40)(H,38,41). The second-order valence-electron chi connectivity index (χ2n) is 14.8. The van der Waals surface area contributed by atoms with E-state index in [9.17, 15) is 14.4 Å². The van der Waals surface area contributed by atoms with Crippen LogP contribution in [-0.4, -0.2) is 34.7 Å². The van der Waals surface area contributed by atoms with E-state index in [1.54, 1.807) is 18.2 Å². The van der Waals surface area contributed by atoms with Crippen LogP contribution in [0.25, 0.3) is 0 Å². The fourth-order valence-corrected chi connectivity index (χ4v) is 8.13. The molecule has 6 heteroatoms. The quantitative estimate of drug-likeness (QED) is 0.310. The SMILES string of the molecule is CC(C)C1CCC(C(=O)Nc2cc(C(N)=O)cc(C(=O)N(C3CCC(C(C)C)CC3)C3CCC(C(C)C)CC3)c2)CC1. The van der Waals surface area contributed by atoms with Gasteiger partial charge < -0.3 is 16.0 Å². The Kier molecular flexibility index (Phi) is 11.2. The Hall–Kier alpha value is -2.37. The monoisotopic (exact) mass is 579 g/mol. The topological polar surface area (TPSA) is 92.5 Å². The van der Waals surface area contributed by atoms with E-state index in [1.807, 2.05) is 0 Å². The third-order valence-electron chi connectivity index (χ3n) is 11.2. The summed E-state index contributed by atoms with van der Waals surface area (Å²) < 4.78 is 0. The molecule has 0 heterocycles. The zero-order chi connectivity index (χ0) is 30.6. The Bertz CT molecular complexity index is 1040. The number of hydrogen-bond donors (Lipinski definition) is 2. The summed E-state index contributed by atoms with van der Waals surface area (Å²) in [4.78, 5) is 42.3. The van der Waals surface area contributed by atoms with E-state index in [0.29, 0.717) is 46.8 Å². The molecule has 4 rings (SSSR count). The summed E-state index contributed by atoms with van der Waals surface area (Å²) in [7, 11) is 0. The maximum Gasteiger partial charge on any atom is 0.254 e. The average molecular weight is 580 g/mol. The Morgan fingerprint density at radius 1 is 0.643 bits per heavy atom. The molecule has 234 valence electrons. The summed E-state index contributed by atoms with van der Waals surface area (Å²) in [6, 6.07) is 5.46. The molecule has 3 N–H and O–H groups in total. The van der Waals surface area contributed by atoms with E-state index in [0.717, 1.165) is 77.0 Å². The molecule has 0 aliphatic heterocycles. The smallest absolute Gasteiger partial charge is 0.254 e. The van der Waals surface area contributed by atoms with Crippen molar-refractivity contribution in [1.29, 1.82) is 0 Å². The van der Waals surface area contributed by atoms with Crippen LogP contribution in [0, 0.1) is 41.4 Å². The zero-order valence-electron chi connectivity index (χ0n) is 27.2. The van der Waals surface area contributed by atoms with Gasteiger partial charge >= 0.3 is 0 Å². The van der Waals surface area contributed by atoms with Gasteiger partial charge in [0, 0.05) is 34.8 Å². The van der Waals surface area contributed by atoms with Crippen molar-refractivity contribution >= 4 is 23.4 Å². The molecular weight excluding hydrogens is 522 g/mol. The van der Waals surface area contributed by atoms with Crippen molar-refractivity contribution in [2.45, 2.75) is 131 Å². The first-order valence-corrected chi connectivity index (χ1v) is 17.0. The summed E-state index contributed by atoms with van der Waals surface area (Å²) in [5, 5.41) is 3.06. The van der Waals surface area contributed by atoms with E-state index >= 15 is 0 Å². The molecule has 0 unspecified atom stereocenters. The first kappa shape index (κ1) is 32.5. The van der Waals surface area contributed by atoms with Gasteiger partial charge in [0.2, 0.25) is 11.8 Å². The summed E-state index contributed by atoms with van der Waals surface area (Å²) in [6.07, 6.45) is 12.6. The second kappa shape index (κ2) is 14.4. The minimum Gasteiger partial charge on any atom is -0.366 e. The van der Waals surface area contributed by atoms with Crippen molar-refractivity contribution in [2.75, 3.05) is 5.32 Å². The molecule has 3 saturated carbocycles. The van der Waals surface area contributed by atoms with Crippen molar-refractivity contribution in [1.82, 2.24) is 4.90 Å². The third-order valence-corrected chi connectivity index (χ3v) is 11.2. The molecule has 0 radical (unpaired) electrons. The number of benzene rings is 1. The predicted octanol–water partition coefficient (Wildman–Crippen LogP) is 8.06. The van der Waals surface area contributed by atoms with Crippen LogP contribution in [0.5, 0.6) is 0 Å². The van der Waals surface area contributed by atoms with Gasteiger partial charge in [-0.3, -0.25) is 14.4 Å². The van der Waals surface area contributed by atoms with Gasteiger partial charge in [-0.05, 0) is 131 Å². The molecule has 3 aliphatic carbocycles. The van der Waals surface area contributed by atoms with Crippen molar-refractivity contribution in [2.24, 2.45) is 47.2 Å². The highest BCUT2D eigenvalue weighted by atomic mass is 16.2. The molecule has 3 amide bonds. The van der Waals surface area contributed by atoms with E-state index in [-0.39, 0.29) is 35.4 Å². The number of nitrogens with two attached hydrogens (primary N) is 1. The molecule has 0 saturated heterocycles. The molecule has 0 spiro atoms. The molecule has 42 heavy (non-hydrogen) atoms. The van der Waals surface area contributed by atoms with Crippen LogP contribution in [0.2, 0.25) is 0 Å². The highest BCUT2D eigenvalue weighted by Crippen LogP contribution is 2.39. The largest absolute Gasteiger partial charge is 0.366 e. The number of primary amides is 1. The molecule has 6 nitrogen and oxygen atoms in total. The maximum absolute atomic E-state index is 14.4. The van der Waals surface area contributed by atoms with Crippen LogP contribution in [0.4, 0.5) is 5.69 Å². The van der Waals surface area contributed by atoms with Crippen LogP contribution >= 0.6 is 0 Å². The molecule has 3 fully saturated rings. The molecule has 1 aromatic rings. The lowest BCUT2D eigenvalue weighted by molar-refractivity contribution is -0.121. The molecule has 0 bridgehead atoms. The van der Waals surface area contributed by atoms with E-state index in [4.69, 9.17) is 5.73 Å². The van der Waals surface area contributed by atoms with Gasteiger partial charge in [0.1, 0.15) is 0 Å². The van der Waals surface area contributed by atoms with E-state index < -0.39 is 5.91 Å². The molecular formula is C36H57N3O3. The highest BCUT2D eigenvalue weighted by molar-refractivity contribution is 6.02. The number of rotatable bonds is 9. The number of carbonyl (C=O) groups excluding carboxylic acids is 3. The lowest BCUT2D eigenvalue weighted by Gasteiger charge is -2.45. The maximum atomic E-state index is 14.4. The Morgan fingerprint density at radius 2 is 1.05 bits per heavy atom. The summed E-state index contributed by atoms with van der Waals surface area (Å²) in [5.74, 6) is 3.40. The Labute approximate surface area is 254 Å². The fraction of sp³-hybridized carbons (Fsp3) is 0.750. The van der Waals surface area contributed by atoms with Crippen LogP contribution < -0.4 is 11.1 Å². The first-order valence-electron chi connectivity index (χ1n) is 17.0. The lowest BCUT2D eigenvalue weighted by atomic mass is 9.76. The minimum absolute atomic E-state index is 0.0203. The number of nitrogens with one attached hydrogen (secondary N) is 1. The van der Waals surface area contributed by atoms with Crippen molar-refractivity contribution in [3.63, 3.8) is 0 Å². The Morgan fingerprint density at radius 3 is 1.45 bits per heavy atom. The van der Waals surface area contributed by atoms with Gasteiger partial charge in [-0.2, -0.15) is 0 Å². The van der Waals surface area contributed by atoms with Gasteiger partial charge in [0.25, 0.3) is 5.91 Å². The second-order valence-corrected chi connectivity index (χ2v) is 14.8. The minimum atomic E-state index is -0.584. The molecule has 0 atom stereocenters. The first-order chi connectivity index (χ1) is 19.9.